The van der Waals surface area contributed by atoms with E-state index in [1.54, 1.807) is 24.5 Å². The number of aromatic nitrogens is 1. The molecule has 0 atom stereocenters. The minimum absolute atomic E-state index is 0.400. The van der Waals surface area contributed by atoms with Crippen molar-refractivity contribution in [1.82, 2.24) is 4.98 Å². The van der Waals surface area contributed by atoms with Crippen LogP contribution >= 0.6 is 11.6 Å². The van der Waals surface area contributed by atoms with E-state index in [9.17, 15) is 5.21 Å². The topological polar surface area (TPSA) is 48.0 Å². The van der Waals surface area contributed by atoms with Gasteiger partial charge in [-0.1, -0.05) is 11.6 Å². The highest BCUT2D eigenvalue weighted by Crippen LogP contribution is 2.14. The number of halogens is 1. The van der Waals surface area contributed by atoms with Crippen LogP contribution in [-0.4, -0.2) is 4.98 Å². The van der Waals surface area contributed by atoms with Crippen LogP contribution in [0.3, 0.4) is 0 Å². The highest BCUT2D eigenvalue weighted by atomic mass is 35.5. The maximum absolute atomic E-state index is 10.1. The quantitative estimate of drug-likeness (QED) is 0.501. The Morgan fingerprint density at radius 3 is 2.80 bits per heavy atom. The zero-order valence-corrected chi connectivity index (χ0v) is 6.14. The number of nitrogens with zero attached hydrogens (tertiary/aromatic N) is 1. The van der Waals surface area contributed by atoms with Crippen molar-refractivity contribution >= 4 is 17.3 Å². The lowest BCUT2D eigenvalue weighted by Crippen LogP contribution is -1.91. The number of aryl methyl sites for hydroxylation is 1. The van der Waals surface area contributed by atoms with Crippen molar-refractivity contribution in [2.24, 2.45) is 0 Å². The number of rotatable bonds is 1. The van der Waals surface area contributed by atoms with Crippen LogP contribution in [-0.2, 0) is 0 Å². The monoisotopic (exact) mass is 157 g/mol. The Hall–Kier alpha value is -0.800. The van der Waals surface area contributed by atoms with E-state index >= 15 is 0 Å². The molecule has 1 aromatic heterocycles. The van der Waals surface area contributed by atoms with E-state index in [0.29, 0.717) is 16.5 Å². The number of hydrogen-bond acceptors (Lipinski definition) is 3. The van der Waals surface area contributed by atoms with Gasteiger partial charge in [0, 0.05) is 5.69 Å². The van der Waals surface area contributed by atoms with E-state index in [1.807, 2.05) is 0 Å². The fourth-order valence-corrected chi connectivity index (χ4v) is 0.828. The van der Waals surface area contributed by atoms with Crippen molar-refractivity contribution in [2.75, 3.05) is 5.48 Å². The standard InChI is InChI=1S/C6H6ClN2O/c1-4-5(9-10)2-3-6(7)8-4/h2-3,9H,1H3/q-1. The molecular formula is C6H6ClN2O-. The van der Waals surface area contributed by atoms with E-state index in [1.165, 1.54) is 0 Å². The molecule has 0 aliphatic rings. The summed E-state index contributed by atoms with van der Waals surface area (Å²) in [5, 5.41) is 10.5. The summed E-state index contributed by atoms with van der Waals surface area (Å²) >= 11 is 5.53. The second-order valence-electron chi connectivity index (χ2n) is 1.87. The third kappa shape index (κ3) is 1.37. The van der Waals surface area contributed by atoms with Gasteiger partial charge in [0.1, 0.15) is 5.15 Å². The van der Waals surface area contributed by atoms with Gasteiger partial charge in [0.05, 0.1) is 5.69 Å². The molecule has 0 saturated heterocycles. The summed E-state index contributed by atoms with van der Waals surface area (Å²) in [6.07, 6.45) is 0. The molecule has 0 bridgehead atoms. The lowest BCUT2D eigenvalue weighted by molar-refractivity contribution is 1.20. The zero-order valence-electron chi connectivity index (χ0n) is 5.39. The largest absolute Gasteiger partial charge is 0.761 e. The first-order valence-electron chi connectivity index (χ1n) is 2.75. The second-order valence-corrected chi connectivity index (χ2v) is 2.26. The normalized spacial score (nSPS) is 9.50. The minimum Gasteiger partial charge on any atom is -0.761 e. The first-order chi connectivity index (χ1) is 4.74. The first kappa shape index (κ1) is 7.31. The van der Waals surface area contributed by atoms with Crippen molar-refractivity contribution in [2.45, 2.75) is 6.92 Å². The fraction of sp³-hybridized carbons (Fsp3) is 0.167. The number of hydrogen-bond donors (Lipinski definition) is 1. The molecule has 0 spiro atoms. The Balaban J connectivity index is 3.07. The third-order valence-corrected chi connectivity index (χ3v) is 1.37. The average molecular weight is 158 g/mol. The fourth-order valence-electron chi connectivity index (χ4n) is 0.638. The molecule has 4 heteroatoms. The summed E-state index contributed by atoms with van der Waals surface area (Å²) in [5.74, 6) is 0. The van der Waals surface area contributed by atoms with Gasteiger partial charge < -0.3 is 10.7 Å². The second kappa shape index (κ2) is 2.86. The van der Waals surface area contributed by atoms with Crippen LogP contribution in [0.2, 0.25) is 5.15 Å². The minimum atomic E-state index is 0.400. The van der Waals surface area contributed by atoms with Crippen LogP contribution in [0.15, 0.2) is 12.1 Å². The van der Waals surface area contributed by atoms with E-state index in [2.05, 4.69) is 4.98 Å². The highest BCUT2D eigenvalue weighted by Gasteiger charge is 1.94. The van der Waals surface area contributed by atoms with Crippen LogP contribution in [0.25, 0.3) is 0 Å². The Morgan fingerprint density at radius 1 is 1.60 bits per heavy atom. The average Bonchev–Trinajstić information content (AvgIpc) is 1.88. The molecule has 0 unspecified atom stereocenters. The molecule has 1 aromatic rings. The van der Waals surface area contributed by atoms with Gasteiger partial charge in [-0.05, 0) is 19.1 Å². The van der Waals surface area contributed by atoms with Crippen LogP contribution < -0.4 is 5.48 Å². The number of anilines is 1. The SMILES string of the molecule is Cc1nc(Cl)ccc1N[O-]. The summed E-state index contributed by atoms with van der Waals surface area (Å²) in [5.41, 5.74) is 2.83. The van der Waals surface area contributed by atoms with E-state index in [0.717, 1.165) is 0 Å². The van der Waals surface area contributed by atoms with Gasteiger partial charge in [-0.3, -0.25) is 0 Å². The first-order valence-corrected chi connectivity index (χ1v) is 3.13. The van der Waals surface area contributed by atoms with E-state index in [4.69, 9.17) is 11.6 Å². The predicted octanol–water partition coefficient (Wildman–Crippen LogP) is 1.95. The zero-order chi connectivity index (χ0) is 7.56. The van der Waals surface area contributed by atoms with Crippen molar-refractivity contribution in [3.05, 3.63) is 28.2 Å². The number of nitrogens with one attached hydrogen (secondary N) is 1. The van der Waals surface area contributed by atoms with Gasteiger partial charge in [-0.25, -0.2) is 4.98 Å². The summed E-state index contributed by atoms with van der Waals surface area (Å²) < 4.78 is 0. The summed E-state index contributed by atoms with van der Waals surface area (Å²) in [4.78, 5) is 3.85. The molecule has 0 saturated carbocycles. The maximum atomic E-state index is 10.1. The number of pyridine rings is 1. The smallest absolute Gasteiger partial charge is 0.129 e. The molecule has 1 N–H and O–H groups in total. The Bertz CT molecular complexity index is 239. The molecule has 0 aliphatic carbocycles. The summed E-state index contributed by atoms with van der Waals surface area (Å²) in [6, 6.07) is 3.16. The van der Waals surface area contributed by atoms with E-state index < -0.39 is 0 Å². The molecule has 1 rings (SSSR count). The molecule has 0 aliphatic heterocycles. The molecule has 3 nitrogen and oxygen atoms in total. The van der Waals surface area contributed by atoms with Gasteiger partial charge in [-0.15, -0.1) is 0 Å². The van der Waals surface area contributed by atoms with Crippen LogP contribution in [0.1, 0.15) is 5.69 Å². The van der Waals surface area contributed by atoms with Gasteiger partial charge in [0.15, 0.2) is 0 Å². The van der Waals surface area contributed by atoms with Crippen molar-refractivity contribution in [3.8, 4) is 0 Å². The van der Waals surface area contributed by atoms with Gasteiger partial charge in [0.2, 0.25) is 0 Å². The lowest BCUT2D eigenvalue weighted by atomic mass is 10.3. The van der Waals surface area contributed by atoms with E-state index in [-0.39, 0.29) is 0 Å². The Kier molecular flexibility index (Phi) is 2.09. The van der Waals surface area contributed by atoms with Gasteiger partial charge in [-0.2, -0.15) is 0 Å². The van der Waals surface area contributed by atoms with Gasteiger partial charge in [0.25, 0.3) is 0 Å². The molecule has 54 valence electrons. The van der Waals surface area contributed by atoms with Crippen LogP contribution in [0.4, 0.5) is 5.69 Å². The summed E-state index contributed by atoms with van der Waals surface area (Å²) in [7, 11) is 0. The molecule has 0 fully saturated rings. The Labute approximate surface area is 63.6 Å². The third-order valence-electron chi connectivity index (χ3n) is 1.16. The Morgan fingerprint density at radius 2 is 2.30 bits per heavy atom. The predicted molar refractivity (Wildman–Crippen MR) is 41.0 cm³/mol. The molecule has 0 aromatic carbocycles. The van der Waals surface area contributed by atoms with Crippen molar-refractivity contribution < 1.29 is 0 Å². The van der Waals surface area contributed by atoms with Crippen LogP contribution in [0, 0.1) is 12.1 Å². The molecule has 0 amide bonds. The molecule has 10 heavy (non-hydrogen) atoms. The molecule has 1 heterocycles. The maximum Gasteiger partial charge on any atom is 0.129 e. The molecular weight excluding hydrogens is 152 g/mol. The highest BCUT2D eigenvalue weighted by molar-refractivity contribution is 6.29. The molecule has 0 radical (unpaired) electrons. The van der Waals surface area contributed by atoms with Gasteiger partial charge >= 0.3 is 0 Å². The van der Waals surface area contributed by atoms with Crippen LogP contribution in [0.5, 0.6) is 0 Å². The lowest BCUT2D eigenvalue weighted by Gasteiger charge is -2.10. The van der Waals surface area contributed by atoms with Crippen molar-refractivity contribution in [1.29, 1.82) is 0 Å². The summed E-state index contributed by atoms with van der Waals surface area (Å²) in [6.45, 7) is 1.71. The van der Waals surface area contributed by atoms with Crippen molar-refractivity contribution in [3.63, 3.8) is 0 Å².